The molecular formula is C12H19N2NaO3S. The first-order chi connectivity index (χ1) is 8.42. The third kappa shape index (κ3) is 4.77. The summed E-state index contributed by atoms with van der Waals surface area (Å²) in [6.07, 6.45) is 1.20. The summed E-state index contributed by atoms with van der Waals surface area (Å²) in [6, 6.07) is -0.841. The molecule has 1 rings (SSSR count). The van der Waals surface area contributed by atoms with Crippen molar-refractivity contribution in [2.24, 2.45) is 16.3 Å². The fourth-order valence-electron chi connectivity index (χ4n) is 1.77. The Morgan fingerprint density at radius 3 is 2.53 bits per heavy atom. The molecule has 102 valence electrons. The Bertz CT molecular complexity index is 374. The van der Waals surface area contributed by atoms with Crippen LogP contribution in [0.3, 0.4) is 0 Å². The van der Waals surface area contributed by atoms with Gasteiger partial charge in [-0.15, -0.1) is 0 Å². The van der Waals surface area contributed by atoms with E-state index in [1.807, 2.05) is 20.8 Å². The quantitative estimate of drug-likeness (QED) is 0.585. The van der Waals surface area contributed by atoms with Gasteiger partial charge in [-0.1, -0.05) is 20.8 Å². The van der Waals surface area contributed by atoms with E-state index in [0.717, 1.165) is 12.2 Å². The van der Waals surface area contributed by atoms with Crippen LogP contribution in [-0.2, 0) is 4.79 Å². The van der Waals surface area contributed by atoms with Gasteiger partial charge in [0.15, 0.2) is 0 Å². The molecule has 1 aliphatic heterocycles. The van der Waals surface area contributed by atoms with E-state index in [4.69, 9.17) is 0 Å². The number of urea groups is 1. The second-order valence-electron chi connectivity index (χ2n) is 4.83. The molecule has 1 aliphatic rings. The maximum Gasteiger partial charge on any atom is 1.00 e. The van der Waals surface area contributed by atoms with Crippen molar-refractivity contribution in [2.75, 3.05) is 11.5 Å². The fraction of sp³-hybridized carbons (Fsp3) is 0.750. The molecule has 0 spiro atoms. The van der Waals surface area contributed by atoms with E-state index in [0.29, 0.717) is 18.1 Å². The average Bonchev–Trinajstić information content (AvgIpc) is 2.27. The van der Waals surface area contributed by atoms with Crippen LogP contribution in [0.25, 0.3) is 0 Å². The Morgan fingerprint density at radius 1 is 1.42 bits per heavy atom. The molecule has 7 heteroatoms. The van der Waals surface area contributed by atoms with Crippen molar-refractivity contribution in [3.8, 4) is 0 Å². The van der Waals surface area contributed by atoms with Gasteiger partial charge in [-0.25, -0.2) is 9.79 Å². The minimum atomic E-state index is -1.15. The van der Waals surface area contributed by atoms with E-state index >= 15 is 0 Å². The zero-order chi connectivity index (χ0) is 13.8. The second-order valence-corrected chi connectivity index (χ2v) is 6.10. The van der Waals surface area contributed by atoms with Crippen molar-refractivity contribution in [2.45, 2.75) is 33.6 Å². The van der Waals surface area contributed by atoms with Crippen molar-refractivity contribution >= 4 is 29.6 Å². The number of imide groups is 1. The zero-order valence-electron chi connectivity index (χ0n) is 12.0. The van der Waals surface area contributed by atoms with Crippen LogP contribution >= 0.6 is 11.8 Å². The molecule has 0 aromatic carbocycles. The number of amides is 3. The smallest absolute Gasteiger partial charge is 0.861 e. The number of carbonyl (C=O) groups excluding carboxylic acids is 2. The first-order valence-electron chi connectivity index (χ1n) is 6.11. The number of thioether (sulfide) groups is 1. The Kier molecular flexibility index (Phi) is 8.27. The zero-order valence-corrected chi connectivity index (χ0v) is 14.8. The minimum absolute atomic E-state index is 0. The van der Waals surface area contributed by atoms with Crippen LogP contribution in [0.15, 0.2) is 4.99 Å². The van der Waals surface area contributed by atoms with Crippen molar-refractivity contribution in [3.63, 3.8) is 0 Å². The van der Waals surface area contributed by atoms with Gasteiger partial charge >= 0.3 is 35.6 Å². The van der Waals surface area contributed by atoms with Crippen LogP contribution in [0.4, 0.5) is 4.79 Å². The molecule has 1 unspecified atom stereocenters. The Morgan fingerprint density at radius 2 is 2.05 bits per heavy atom. The second kappa shape index (κ2) is 8.29. The van der Waals surface area contributed by atoms with Crippen LogP contribution in [0.1, 0.15) is 33.6 Å². The third-order valence-electron chi connectivity index (χ3n) is 2.97. The van der Waals surface area contributed by atoms with Gasteiger partial charge in [-0.05, 0) is 30.4 Å². The van der Waals surface area contributed by atoms with Gasteiger partial charge in [0.2, 0.25) is 5.91 Å². The van der Waals surface area contributed by atoms with Gasteiger partial charge < -0.3 is 5.11 Å². The van der Waals surface area contributed by atoms with Gasteiger partial charge in [0.25, 0.3) is 0 Å². The summed E-state index contributed by atoms with van der Waals surface area (Å²) in [4.78, 5) is 26.5. The minimum Gasteiger partial charge on any atom is -0.861 e. The summed E-state index contributed by atoms with van der Waals surface area (Å²) < 4.78 is 0. The number of carbonyl (C=O) groups is 2. The molecule has 0 saturated heterocycles. The largest absolute Gasteiger partial charge is 1.00 e. The van der Waals surface area contributed by atoms with Gasteiger partial charge in [0.1, 0.15) is 0 Å². The summed E-state index contributed by atoms with van der Waals surface area (Å²) in [6.45, 7) is 6.04. The molecule has 1 N–H and O–H groups in total. The first kappa shape index (κ1) is 19.0. The summed E-state index contributed by atoms with van der Waals surface area (Å²) in [5.41, 5.74) is -1.15. The van der Waals surface area contributed by atoms with Gasteiger partial charge in [-0.3, -0.25) is 10.1 Å². The number of nitrogens with one attached hydrogen (secondary N) is 1. The van der Waals surface area contributed by atoms with E-state index in [2.05, 4.69) is 10.3 Å². The van der Waals surface area contributed by atoms with E-state index in [1.165, 1.54) is 11.8 Å². The topological polar surface area (TPSA) is 81.6 Å². The number of nitrogens with zero attached hydrogens (tertiary/aromatic N) is 1. The summed E-state index contributed by atoms with van der Waals surface area (Å²) in [7, 11) is 0. The Hall–Kier alpha value is -0.0400. The molecule has 19 heavy (non-hydrogen) atoms. The Balaban J connectivity index is 0.00000324. The number of hydrogen-bond acceptors (Lipinski definition) is 4. The monoisotopic (exact) mass is 294 g/mol. The fourth-order valence-corrected chi connectivity index (χ4v) is 2.72. The molecule has 0 radical (unpaired) electrons. The normalized spacial score (nSPS) is 22.8. The predicted molar refractivity (Wildman–Crippen MR) is 70.5 cm³/mol. The van der Waals surface area contributed by atoms with Gasteiger partial charge in [-0.2, -0.15) is 11.8 Å². The Labute approximate surface area is 140 Å². The molecule has 1 atom stereocenters. The molecular weight excluding hydrogens is 275 g/mol. The van der Waals surface area contributed by atoms with Crippen molar-refractivity contribution in [3.05, 3.63) is 0 Å². The molecule has 0 fully saturated rings. The molecule has 1 heterocycles. The third-order valence-corrected chi connectivity index (χ3v) is 4.07. The van der Waals surface area contributed by atoms with Crippen LogP contribution < -0.4 is 40.0 Å². The predicted octanol–water partition coefficient (Wildman–Crippen LogP) is -1.83. The summed E-state index contributed by atoms with van der Waals surface area (Å²) >= 11 is 1.52. The van der Waals surface area contributed by atoms with E-state index < -0.39 is 23.3 Å². The van der Waals surface area contributed by atoms with Crippen molar-refractivity contribution in [1.29, 1.82) is 0 Å². The van der Waals surface area contributed by atoms with Crippen LogP contribution in [0.2, 0.25) is 0 Å². The van der Waals surface area contributed by atoms with E-state index in [1.54, 1.807) is 0 Å². The SMILES string of the molecule is CCSCC1(CCC(C)C)C(=O)NC(=O)N=C1[O-].[Na+]. The molecule has 0 aromatic rings. The molecule has 0 aromatic heterocycles. The molecule has 0 aliphatic carbocycles. The van der Waals surface area contributed by atoms with E-state index in [-0.39, 0.29) is 29.6 Å². The van der Waals surface area contributed by atoms with Crippen LogP contribution in [0, 0.1) is 11.3 Å². The number of aliphatic imine (C=N–C) groups is 1. The molecule has 0 bridgehead atoms. The number of rotatable bonds is 6. The maximum atomic E-state index is 12.0. The number of hydrogen-bond donors (Lipinski definition) is 1. The molecule has 3 amide bonds. The average molecular weight is 294 g/mol. The van der Waals surface area contributed by atoms with Crippen molar-refractivity contribution < 1.29 is 44.3 Å². The summed E-state index contributed by atoms with van der Waals surface area (Å²) in [5, 5.41) is 14.1. The molecule has 5 nitrogen and oxygen atoms in total. The van der Waals surface area contributed by atoms with Gasteiger partial charge in [0.05, 0.1) is 5.41 Å². The molecule has 0 saturated carbocycles. The van der Waals surface area contributed by atoms with Gasteiger partial charge in [0, 0.05) is 5.75 Å². The van der Waals surface area contributed by atoms with Crippen LogP contribution in [0.5, 0.6) is 0 Å². The standard InChI is InChI=1S/C12H20N2O3S.Na/c1-4-18-7-12(6-5-8(2)3)9(15)13-11(17)14-10(12)16;/h8H,4-7H2,1-3H3,(H2,13,14,15,16,17);/q;+1/p-1. The van der Waals surface area contributed by atoms with E-state index in [9.17, 15) is 14.7 Å². The summed E-state index contributed by atoms with van der Waals surface area (Å²) in [5.74, 6) is 0.522. The van der Waals surface area contributed by atoms with Crippen molar-refractivity contribution in [1.82, 2.24) is 5.32 Å². The maximum absolute atomic E-state index is 12.0. The van der Waals surface area contributed by atoms with Crippen LogP contribution in [-0.4, -0.2) is 29.3 Å². The first-order valence-corrected chi connectivity index (χ1v) is 7.27.